The van der Waals surface area contributed by atoms with Gasteiger partial charge in [0.1, 0.15) is 0 Å². The minimum absolute atomic E-state index is 0.0255. The molecule has 5 rings (SSSR count). The fourth-order valence-corrected chi connectivity index (χ4v) is 4.38. The van der Waals surface area contributed by atoms with Crippen molar-refractivity contribution < 1.29 is 14.3 Å². The number of rotatable bonds is 3. The molecular formula is C25H25NO3. The van der Waals surface area contributed by atoms with E-state index in [1.54, 1.807) is 0 Å². The first kappa shape index (κ1) is 18.0. The first-order valence-electron chi connectivity index (χ1n) is 10.6. The lowest BCUT2D eigenvalue weighted by molar-refractivity contribution is -0.142. The summed E-state index contributed by atoms with van der Waals surface area (Å²) >= 11 is 0. The molecule has 3 aliphatic rings. The number of carbonyl (C=O) groups excluding carboxylic acids is 1. The van der Waals surface area contributed by atoms with E-state index in [9.17, 15) is 4.79 Å². The van der Waals surface area contributed by atoms with Crippen molar-refractivity contribution in [2.24, 2.45) is 5.92 Å². The molecule has 1 aromatic heterocycles. The number of esters is 1. The highest BCUT2D eigenvalue weighted by Gasteiger charge is 2.30. The van der Waals surface area contributed by atoms with Crippen LogP contribution in [0, 0.1) is 5.92 Å². The molecule has 0 atom stereocenters. The number of allylic oxidation sites excluding steroid dienone is 3. The second-order valence-electron chi connectivity index (χ2n) is 7.89. The van der Waals surface area contributed by atoms with Crippen LogP contribution in [0.15, 0.2) is 72.2 Å². The molecule has 1 fully saturated rings. The molecule has 1 aromatic carbocycles. The van der Waals surface area contributed by atoms with Crippen molar-refractivity contribution in [1.29, 1.82) is 0 Å². The number of nitrogens with zero attached hydrogens (tertiary/aromatic N) is 1. The summed E-state index contributed by atoms with van der Waals surface area (Å²) in [5, 5.41) is 0. The Bertz CT molecular complexity index is 1020. The molecule has 4 heteroatoms. The molecule has 4 nitrogen and oxygen atoms in total. The molecule has 2 heterocycles. The molecular weight excluding hydrogens is 362 g/mol. The van der Waals surface area contributed by atoms with E-state index in [0.717, 1.165) is 61.2 Å². The van der Waals surface area contributed by atoms with Crippen molar-refractivity contribution in [2.45, 2.75) is 44.9 Å². The van der Waals surface area contributed by atoms with Crippen molar-refractivity contribution in [3.05, 3.63) is 77.8 Å². The maximum absolute atomic E-state index is 13.1. The van der Waals surface area contributed by atoms with Gasteiger partial charge in [-0.1, -0.05) is 49.6 Å². The molecule has 148 valence electrons. The zero-order chi connectivity index (χ0) is 19.6. The fraction of sp³-hybridized carbons (Fsp3) is 0.320. The second kappa shape index (κ2) is 7.78. The van der Waals surface area contributed by atoms with Crippen LogP contribution in [0.5, 0.6) is 5.75 Å². The Morgan fingerprint density at radius 3 is 2.72 bits per heavy atom. The molecule has 0 radical (unpaired) electrons. The van der Waals surface area contributed by atoms with Gasteiger partial charge in [-0.15, -0.1) is 0 Å². The average molecular weight is 387 g/mol. The predicted octanol–water partition coefficient (Wildman–Crippen LogP) is 5.94. The normalized spacial score (nSPS) is 19.0. The summed E-state index contributed by atoms with van der Waals surface area (Å²) in [5.74, 6) is 1.72. The Hall–Kier alpha value is -3.01. The molecule has 29 heavy (non-hydrogen) atoms. The maximum Gasteiger partial charge on any atom is 0.314 e. The Kier molecular flexibility index (Phi) is 4.84. The van der Waals surface area contributed by atoms with Crippen LogP contribution >= 0.6 is 0 Å². The first-order chi connectivity index (χ1) is 14.3. The van der Waals surface area contributed by atoms with Gasteiger partial charge in [0.2, 0.25) is 0 Å². The summed E-state index contributed by atoms with van der Waals surface area (Å²) in [5.41, 5.74) is 2.75. The molecule has 1 aliphatic heterocycles. The highest BCUT2D eigenvalue weighted by molar-refractivity contribution is 5.82. The SMILES string of the molecule is O=C(OC1=C(C2=CCCC=C2)Oc2ccccc2-n2cccc21)C1CCCCC1. The van der Waals surface area contributed by atoms with Crippen LogP contribution in [0.25, 0.3) is 11.4 Å². The largest absolute Gasteiger partial charge is 0.451 e. The zero-order valence-corrected chi connectivity index (χ0v) is 16.5. The minimum Gasteiger partial charge on any atom is -0.451 e. The number of hydrogen-bond acceptors (Lipinski definition) is 3. The third-order valence-electron chi connectivity index (χ3n) is 5.92. The van der Waals surface area contributed by atoms with Gasteiger partial charge in [-0.3, -0.25) is 4.79 Å². The minimum atomic E-state index is -0.139. The van der Waals surface area contributed by atoms with E-state index < -0.39 is 0 Å². The first-order valence-corrected chi connectivity index (χ1v) is 10.6. The standard InChI is InChI=1S/C25H25NO3/c27-25(19-12-5-2-6-13-19)29-24-21-15-9-17-26(21)20-14-7-8-16-22(20)28-23(24)18-10-3-1-4-11-18/h3,7-11,14-17,19H,1-2,4-6,12-13H2. The van der Waals surface area contributed by atoms with Gasteiger partial charge in [-0.25, -0.2) is 0 Å². The summed E-state index contributed by atoms with van der Waals surface area (Å²) in [6.07, 6.45) is 15.5. The maximum atomic E-state index is 13.1. The van der Waals surface area contributed by atoms with Gasteiger partial charge in [0, 0.05) is 11.8 Å². The van der Waals surface area contributed by atoms with Crippen LogP contribution in [-0.4, -0.2) is 10.5 Å². The lowest BCUT2D eigenvalue weighted by atomic mass is 9.89. The molecule has 0 spiro atoms. The summed E-state index contributed by atoms with van der Waals surface area (Å²) < 4.78 is 14.6. The third-order valence-corrected chi connectivity index (χ3v) is 5.92. The smallest absolute Gasteiger partial charge is 0.314 e. The second-order valence-corrected chi connectivity index (χ2v) is 7.89. The number of ether oxygens (including phenoxy) is 2. The molecule has 2 aliphatic carbocycles. The van der Waals surface area contributed by atoms with Gasteiger partial charge in [0.25, 0.3) is 0 Å². The van der Waals surface area contributed by atoms with E-state index in [1.807, 2.05) is 47.2 Å². The van der Waals surface area contributed by atoms with Crippen LogP contribution in [0.1, 0.15) is 50.6 Å². The molecule has 2 aromatic rings. The fourth-order valence-electron chi connectivity index (χ4n) is 4.38. The van der Waals surface area contributed by atoms with Crippen molar-refractivity contribution in [3.63, 3.8) is 0 Å². The molecule has 0 N–H and O–H groups in total. The van der Waals surface area contributed by atoms with Crippen LogP contribution in [-0.2, 0) is 9.53 Å². The van der Waals surface area contributed by atoms with Gasteiger partial charge >= 0.3 is 5.97 Å². The number of fused-ring (bicyclic) bond motifs is 3. The van der Waals surface area contributed by atoms with E-state index in [-0.39, 0.29) is 11.9 Å². The van der Waals surface area contributed by atoms with E-state index in [4.69, 9.17) is 9.47 Å². The lowest BCUT2D eigenvalue weighted by Gasteiger charge is -2.22. The molecule has 0 saturated heterocycles. The number of para-hydroxylation sites is 2. The molecule has 0 unspecified atom stereocenters. The van der Waals surface area contributed by atoms with Crippen molar-refractivity contribution in [1.82, 2.24) is 4.57 Å². The number of carbonyl (C=O) groups is 1. The van der Waals surface area contributed by atoms with Gasteiger partial charge in [0.05, 0.1) is 17.3 Å². The average Bonchev–Trinajstić information content (AvgIpc) is 3.22. The van der Waals surface area contributed by atoms with Gasteiger partial charge in [-0.2, -0.15) is 0 Å². The van der Waals surface area contributed by atoms with Crippen molar-refractivity contribution in [3.8, 4) is 11.4 Å². The van der Waals surface area contributed by atoms with Gasteiger partial charge < -0.3 is 14.0 Å². The molecule has 1 saturated carbocycles. The monoisotopic (exact) mass is 387 g/mol. The van der Waals surface area contributed by atoms with Crippen LogP contribution in [0.4, 0.5) is 0 Å². The number of benzene rings is 1. The Morgan fingerprint density at radius 2 is 1.90 bits per heavy atom. The van der Waals surface area contributed by atoms with Crippen LogP contribution in [0.2, 0.25) is 0 Å². The predicted molar refractivity (Wildman–Crippen MR) is 112 cm³/mol. The van der Waals surface area contributed by atoms with E-state index in [0.29, 0.717) is 11.5 Å². The van der Waals surface area contributed by atoms with E-state index in [2.05, 4.69) is 18.2 Å². The molecule has 0 amide bonds. The Morgan fingerprint density at radius 1 is 1.03 bits per heavy atom. The summed E-state index contributed by atoms with van der Waals surface area (Å²) in [4.78, 5) is 13.1. The highest BCUT2D eigenvalue weighted by atomic mass is 16.6. The topological polar surface area (TPSA) is 40.5 Å². The van der Waals surface area contributed by atoms with Crippen LogP contribution in [0.3, 0.4) is 0 Å². The van der Waals surface area contributed by atoms with Gasteiger partial charge in [0.15, 0.2) is 17.3 Å². The Balaban J connectivity index is 1.62. The van der Waals surface area contributed by atoms with E-state index in [1.165, 1.54) is 6.42 Å². The van der Waals surface area contributed by atoms with Crippen molar-refractivity contribution in [2.75, 3.05) is 0 Å². The van der Waals surface area contributed by atoms with Crippen molar-refractivity contribution >= 4 is 11.7 Å². The van der Waals surface area contributed by atoms with E-state index >= 15 is 0 Å². The quantitative estimate of drug-likeness (QED) is 0.612. The lowest BCUT2D eigenvalue weighted by Crippen LogP contribution is -2.21. The number of hydrogen-bond donors (Lipinski definition) is 0. The zero-order valence-electron chi connectivity index (χ0n) is 16.5. The third kappa shape index (κ3) is 3.44. The van der Waals surface area contributed by atoms with Crippen LogP contribution < -0.4 is 4.74 Å². The summed E-state index contributed by atoms with van der Waals surface area (Å²) in [7, 11) is 0. The Labute approximate surface area is 171 Å². The number of aromatic nitrogens is 1. The molecule has 0 bridgehead atoms. The van der Waals surface area contributed by atoms with Gasteiger partial charge in [-0.05, 0) is 49.9 Å². The summed E-state index contributed by atoms with van der Waals surface area (Å²) in [6.45, 7) is 0. The highest BCUT2D eigenvalue weighted by Crippen LogP contribution is 2.39. The summed E-state index contributed by atoms with van der Waals surface area (Å²) in [6, 6.07) is 11.9.